The fraction of sp³-hybridized carbons (Fsp3) is 0.640. The largest absolute Gasteiger partial charge is 0.491 e. The number of likely N-dealkylation sites (tertiary alicyclic amines) is 1. The van der Waals surface area contributed by atoms with Crippen molar-refractivity contribution in [2.24, 2.45) is 5.41 Å². The maximum absolute atomic E-state index is 13.2. The molecular weight excluding hydrogens is 454 g/mol. The highest BCUT2D eigenvalue weighted by atomic mass is 32.2. The number of ether oxygens (including phenoxy) is 1. The molecule has 3 amide bonds. The van der Waals surface area contributed by atoms with Gasteiger partial charge in [-0.1, -0.05) is 24.6 Å². The number of hydrogen-bond donors (Lipinski definition) is 2. The zero-order chi connectivity index (χ0) is 24.6. The molecule has 3 rings (SSSR count). The second-order valence-corrected chi connectivity index (χ2v) is 10.9. The first-order valence-corrected chi connectivity index (χ1v) is 13.9. The number of nitrogens with one attached hydrogen (secondary N) is 2. The minimum absolute atomic E-state index is 0.0387. The van der Waals surface area contributed by atoms with Gasteiger partial charge in [-0.2, -0.15) is 0 Å². The van der Waals surface area contributed by atoms with Gasteiger partial charge in [-0.3, -0.25) is 18.6 Å². The second kappa shape index (κ2) is 12.3. The lowest BCUT2D eigenvalue weighted by Crippen LogP contribution is -2.55. The third-order valence-corrected chi connectivity index (χ3v) is 7.66. The Hall–Kier alpha value is -2.42. The molecule has 2 atom stereocenters. The number of aryl methyl sites for hydroxylation is 1. The molecule has 2 aliphatic rings. The summed E-state index contributed by atoms with van der Waals surface area (Å²) in [6.45, 7) is 3.18. The minimum atomic E-state index is -1.04. The molecule has 188 valence electrons. The summed E-state index contributed by atoms with van der Waals surface area (Å²) in [5.74, 6) is 0.837. The van der Waals surface area contributed by atoms with Crippen LogP contribution in [0, 0.1) is 5.41 Å². The second-order valence-electron chi connectivity index (χ2n) is 9.34. The average Bonchev–Trinajstić information content (AvgIpc) is 2.81. The number of para-hydroxylation sites is 1. The first-order valence-electron chi connectivity index (χ1n) is 12.2. The van der Waals surface area contributed by atoms with Gasteiger partial charge in [0.25, 0.3) is 0 Å². The van der Waals surface area contributed by atoms with Gasteiger partial charge < -0.3 is 20.3 Å². The van der Waals surface area contributed by atoms with Crippen LogP contribution in [0.25, 0.3) is 0 Å². The van der Waals surface area contributed by atoms with Crippen LogP contribution in [0.15, 0.2) is 24.3 Å². The number of rotatable bonds is 5. The van der Waals surface area contributed by atoms with Gasteiger partial charge in [-0.25, -0.2) is 0 Å². The molecule has 2 N–H and O–H groups in total. The third kappa shape index (κ3) is 7.04. The maximum atomic E-state index is 13.2. The summed E-state index contributed by atoms with van der Waals surface area (Å²) >= 11 is 0. The SMILES string of the molecule is CC(=O)N[C@@H](CCS(C)=O)C(=O)N1CCC2(CCCCc3ccccc3OCCNC2=O)CC1. The quantitative estimate of drug-likeness (QED) is 0.654. The Kier molecular flexibility index (Phi) is 9.50. The molecule has 0 aliphatic carbocycles. The van der Waals surface area contributed by atoms with Gasteiger partial charge in [-0.05, 0) is 50.2 Å². The molecule has 1 spiro atoms. The standard InChI is InChI=1S/C25H37N3O5S/c1-19(29)27-21(10-18-34(2)32)23(30)28-15-12-25(13-16-28)11-6-5-8-20-7-3-4-9-22(20)33-17-14-26-24(25)31/h3-4,7,9,21H,5-6,8,10-18H2,1-2H3,(H,26,31)(H,27,29)/t21-,34?/m0/s1. The van der Waals surface area contributed by atoms with Crippen molar-refractivity contribution in [1.29, 1.82) is 0 Å². The fourth-order valence-electron chi connectivity index (χ4n) is 4.90. The first-order chi connectivity index (χ1) is 16.3. The molecule has 1 unspecified atom stereocenters. The van der Waals surface area contributed by atoms with Crippen LogP contribution >= 0.6 is 0 Å². The normalized spacial score (nSPS) is 20.5. The Bertz CT molecular complexity index is 898. The summed E-state index contributed by atoms with van der Waals surface area (Å²) in [6, 6.07) is 7.38. The van der Waals surface area contributed by atoms with E-state index < -0.39 is 22.3 Å². The summed E-state index contributed by atoms with van der Waals surface area (Å²) in [5.41, 5.74) is 0.699. The Morgan fingerprint density at radius 1 is 1.21 bits per heavy atom. The monoisotopic (exact) mass is 491 g/mol. The summed E-state index contributed by atoms with van der Waals surface area (Å²) in [4.78, 5) is 39.7. The summed E-state index contributed by atoms with van der Waals surface area (Å²) in [7, 11) is -1.04. The molecular formula is C25H37N3O5S. The van der Waals surface area contributed by atoms with Crippen molar-refractivity contribution in [3.63, 3.8) is 0 Å². The van der Waals surface area contributed by atoms with Crippen molar-refractivity contribution >= 4 is 28.5 Å². The zero-order valence-corrected chi connectivity index (χ0v) is 21.1. The highest BCUT2D eigenvalue weighted by Gasteiger charge is 2.42. The van der Waals surface area contributed by atoms with E-state index >= 15 is 0 Å². The van der Waals surface area contributed by atoms with Gasteiger partial charge in [0.1, 0.15) is 18.4 Å². The lowest BCUT2D eigenvalue weighted by atomic mass is 9.73. The van der Waals surface area contributed by atoms with Crippen molar-refractivity contribution in [1.82, 2.24) is 15.5 Å². The Morgan fingerprint density at radius 3 is 2.65 bits per heavy atom. The van der Waals surface area contributed by atoms with Crippen LogP contribution in [0.5, 0.6) is 5.75 Å². The summed E-state index contributed by atoms with van der Waals surface area (Å²) in [5, 5.41) is 5.77. The van der Waals surface area contributed by atoms with Crippen molar-refractivity contribution in [2.75, 3.05) is 38.2 Å². The fourth-order valence-corrected chi connectivity index (χ4v) is 5.46. The lowest BCUT2D eigenvalue weighted by molar-refractivity contribution is -0.143. The number of hydrogen-bond acceptors (Lipinski definition) is 5. The van der Waals surface area contributed by atoms with Crippen LogP contribution < -0.4 is 15.4 Å². The minimum Gasteiger partial charge on any atom is -0.491 e. The number of carbonyl (C=O) groups is 3. The first kappa shape index (κ1) is 26.2. The van der Waals surface area contributed by atoms with Crippen LogP contribution in [-0.2, 0) is 31.6 Å². The van der Waals surface area contributed by atoms with E-state index in [1.54, 1.807) is 11.2 Å². The van der Waals surface area contributed by atoms with Crippen LogP contribution in [0.1, 0.15) is 51.0 Å². The van der Waals surface area contributed by atoms with E-state index in [1.807, 2.05) is 18.2 Å². The van der Waals surface area contributed by atoms with Crippen molar-refractivity contribution in [3.8, 4) is 5.75 Å². The molecule has 2 aliphatic heterocycles. The molecule has 8 nitrogen and oxygen atoms in total. The van der Waals surface area contributed by atoms with E-state index in [1.165, 1.54) is 12.5 Å². The molecule has 9 heteroatoms. The maximum Gasteiger partial charge on any atom is 0.245 e. The van der Waals surface area contributed by atoms with E-state index in [0.717, 1.165) is 31.4 Å². The van der Waals surface area contributed by atoms with E-state index in [2.05, 4.69) is 16.7 Å². The molecule has 0 aromatic heterocycles. The smallest absolute Gasteiger partial charge is 0.245 e. The van der Waals surface area contributed by atoms with Crippen LogP contribution in [0.3, 0.4) is 0 Å². The number of benzene rings is 1. The number of nitrogens with zero attached hydrogens (tertiary/aromatic N) is 1. The molecule has 1 aromatic carbocycles. The predicted molar refractivity (Wildman–Crippen MR) is 132 cm³/mol. The number of carbonyl (C=O) groups excluding carboxylic acids is 3. The van der Waals surface area contributed by atoms with Gasteiger partial charge in [0, 0.05) is 42.8 Å². The zero-order valence-electron chi connectivity index (χ0n) is 20.3. The van der Waals surface area contributed by atoms with E-state index in [9.17, 15) is 18.6 Å². The molecule has 0 radical (unpaired) electrons. The molecule has 0 bridgehead atoms. The number of amides is 3. The number of fused-ring (bicyclic) bond motifs is 1. The third-order valence-electron chi connectivity index (χ3n) is 6.85. The van der Waals surface area contributed by atoms with Crippen LogP contribution in [0.2, 0.25) is 0 Å². The number of piperidine rings is 1. The lowest BCUT2D eigenvalue weighted by Gasteiger charge is -2.42. The topological polar surface area (TPSA) is 105 Å². The molecule has 34 heavy (non-hydrogen) atoms. The van der Waals surface area contributed by atoms with E-state index in [0.29, 0.717) is 51.3 Å². The van der Waals surface area contributed by atoms with Crippen molar-refractivity contribution in [3.05, 3.63) is 29.8 Å². The molecule has 1 aromatic rings. The highest BCUT2D eigenvalue weighted by Crippen LogP contribution is 2.38. The van der Waals surface area contributed by atoms with Gasteiger partial charge in [-0.15, -0.1) is 0 Å². The molecule has 0 saturated carbocycles. The van der Waals surface area contributed by atoms with Gasteiger partial charge in [0.05, 0.1) is 12.0 Å². The van der Waals surface area contributed by atoms with E-state index in [-0.39, 0.29) is 17.7 Å². The van der Waals surface area contributed by atoms with E-state index in [4.69, 9.17) is 4.74 Å². The summed E-state index contributed by atoms with van der Waals surface area (Å²) < 4.78 is 17.4. The highest BCUT2D eigenvalue weighted by molar-refractivity contribution is 7.84. The van der Waals surface area contributed by atoms with Crippen molar-refractivity contribution in [2.45, 2.75) is 57.9 Å². The molecule has 2 heterocycles. The van der Waals surface area contributed by atoms with Gasteiger partial charge >= 0.3 is 0 Å². The summed E-state index contributed by atoms with van der Waals surface area (Å²) in [6.07, 6.45) is 6.70. The predicted octanol–water partition coefficient (Wildman–Crippen LogP) is 1.79. The Balaban J connectivity index is 1.64. The molecule has 1 saturated heterocycles. The Morgan fingerprint density at radius 2 is 1.94 bits per heavy atom. The van der Waals surface area contributed by atoms with Gasteiger partial charge in [0.2, 0.25) is 17.7 Å². The van der Waals surface area contributed by atoms with Gasteiger partial charge in [0.15, 0.2) is 0 Å². The molecule has 1 fully saturated rings. The van der Waals surface area contributed by atoms with Crippen LogP contribution in [-0.4, -0.2) is 71.1 Å². The van der Waals surface area contributed by atoms with Crippen LogP contribution in [0.4, 0.5) is 0 Å². The van der Waals surface area contributed by atoms with Crippen molar-refractivity contribution < 1.29 is 23.3 Å². The Labute approximate surface area is 204 Å². The average molecular weight is 492 g/mol.